The SMILES string of the molecule is O=C(COc1ccc(/C=N\NC(=O)C(=O)Nc2ccc(Cl)cc2)cc1)Nc1cccc(Cl)c1. The second-order valence-electron chi connectivity index (χ2n) is 6.58. The Hall–Kier alpha value is -3.88. The molecule has 3 aromatic rings. The number of nitrogens with one attached hydrogen (secondary N) is 3. The zero-order valence-corrected chi connectivity index (χ0v) is 18.6. The first-order valence-corrected chi connectivity index (χ1v) is 10.3. The third kappa shape index (κ3) is 7.95. The van der Waals surface area contributed by atoms with Crippen LogP contribution in [-0.2, 0) is 14.4 Å². The van der Waals surface area contributed by atoms with E-state index < -0.39 is 11.8 Å². The number of amides is 3. The van der Waals surface area contributed by atoms with Crippen molar-refractivity contribution in [2.24, 2.45) is 5.10 Å². The van der Waals surface area contributed by atoms with Crippen LogP contribution in [0.3, 0.4) is 0 Å². The van der Waals surface area contributed by atoms with E-state index in [0.717, 1.165) is 0 Å². The van der Waals surface area contributed by atoms with Crippen molar-refractivity contribution in [1.82, 2.24) is 5.43 Å². The smallest absolute Gasteiger partial charge is 0.329 e. The molecular weight excluding hydrogens is 467 g/mol. The van der Waals surface area contributed by atoms with E-state index in [1.807, 2.05) is 0 Å². The van der Waals surface area contributed by atoms with Crippen molar-refractivity contribution in [2.45, 2.75) is 0 Å². The third-order valence-electron chi connectivity index (χ3n) is 4.05. The van der Waals surface area contributed by atoms with Gasteiger partial charge in [0.1, 0.15) is 5.75 Å². The minimum absolute atomic E-state index is 0.182. The van der Waals surface area contributed by atoms with Crippen LogP contribution in [-0.4, -0.2) is 30.5 Å². The van der Waals surface area contributed by atoms with E-state index in [2.05, 4.69) is 21.2 Å². The largest absolute Gasteiger partial charge is 0.484 e. The molecule has 33 heavy (non-hydrogen) atoms. The molecule has 0 unspecified atom stereocenters. The van der Waals surface area contributed by atoms with E-state index in [1.54, 1.807) is 72.8 Å². The maximum absolute atomic E-state index is 12.0. The monoisotopic (exact) mass is 484 g/mol. The lowest BCUT2D eigenvalue weighted by Crippen LogP contribution is -2.32. The van der Waals surface area contributed by atoms with Gasteiger partial charge in [-0.25, -0.2) is 5.43 Å². The lowest BCUT2D eigenvalue weighted by atomic mass is 10.2. The molecule has 8 nitrogen and oxygen atoms in total. The summed E-state index contributed by atoms with van der Waals surface area (Å²) in [5.41, 5.74) is 3.79. The quantitative estimate of drug-likeness (QED) is 0.266. The first kappa shape index (κ1) is 23.8. The Labute approximate surface area is 199 Å². The highest BCUT2D eigenvalue weighted by molar-refractivity contribution is 6.39. The molecule has 0 aliphatic rings. The van der Waals surface area contributed by atoms with E-state index in [0.29, 0.717) is 32.7 Å². The number of anilines is 2. The second kappa shape index (κ2) is 11.7. The van der Waals surface area contributed by atoms with Crippen LogP contribution in [0.15, 0.2) is 77.9 Å². The summed E-state index contributed by atoms with van der Waals surface area (Å²) in [6.07, 6.45) is 1.36. The molecule has 168 valence electrons. The topological polar surface area (TPSA) is 109 Å². The Morgan fingerprint density at radius 1 is 0.818 bits per heavy atom. The fourth-order valence-electron chi connectivity index (χ4n) is 2.50. The fourth-order valence-corrected chi connectivity index (χ4v) is 2.82. The van der Waals surface area contributed by atoms with Gasteiger partial charge in [0.2, 0.25) is 0 Å². The summed E-state index contributed by atoms with van der Waals surface area (Å²) in [5, 5.41) is 9.89. The first-order valence-electron chi connectivity index (χ1n) is 9.57. The predicted octanol–water partition coefficient (Wildman–Crippen LogP) is 4.10. The van der Waals surface area contributed by atoms with Gasteiger partial charge in [0.15, 0.2) is 6.61 Å². The third-order valence-corrected chi connectivity index (χ3v) is 4.53. The number of carbonyl (C=O) groups is 3. The molecule has 0 bridgehead atoms. The number of carbonyl (C=O) groups excluding carboxylic acids is 3. The molecule has 3 N–H and O–H groups in total. The molecule has 0 radical (unpaired) electrons. The molecule has 3 rings (SSSR count). The van der Waals surface area contributed by atoms with Gasteiger partial charge >= 0.3 is 11.8 Å². The molecule has 0 heterocycles. The van der Waals surface area contributed by atoms with Crippen molar-refractivity contribution in [3.63, 3.8) is 0 Å². The predicted molar refractivity (Wildman–Crippen MR) is 128 cm³/mol. The lowest BCUT2D eigenvalue weighted by molar-refractivity contribution is -0.136. The molecule has 0 aromatic heterocycles. The molecule has 0 saturated carbocycles. The highest BCUT2D eigenvalue weighted by Gasteiger charge is 2.12. The van der Waals surface area contributed by atoms with Gasteiger partial charge in [-0.3, -0.25) is 14.4 Å². The number of hydrogen-bond donors (Lipinski definition) is 3. The molecule has 0 aliphatic carbocycles. The van der Waals surface area contributed by atoms with Crippen LogP contribution in [0.5, 0.6) is 5.75 Å². The summed E-state index contributed by atoms with van der Waals surface area (Å²) in [6.45, 7) is -0.182. The average Bonchev–Trinajstić information content (AvgIpc) is 2.80. The van der Waals surface area contributed by atoms with Gasteiger partial charge in [0.05, 0.1) is 6.21 Å². The van der Waals surface area contributed by atoms with Crippen molar-refractivity contribution in [3.8, 4) is 5.75 Å². The van der Waals surface area contributed by atoms with Crippen LogP contribution in [0.1, 0.15) is 5.56 Å². The number of ether oxygens (including phenoxy) is 1. The highest BCUT2D eigenvalue weighted by Crippen LogP contribution is 2.16. The van der Waals surface area contributed by atoms with Crippen LogP contribution >= 0.6 is 23.2 Å². The van der Waals surface area contributed by atoms with Gasteiger partial charge < -0.3 is 15.4 Å². The van der Waals surface area contributed by atoms with Gasteiger partial charge in [-0.1, -0.05) is 29.3 Å². The molecule has 3 amide bonds. The van der Waals surface area contributed by atoms with E-state index in [4.69, 9.17) is 27.9 Å². The van der Waals surface area contributed by atoms with Gasteiger partial charge in [-0.15, -0.1) is 0 Å². The van der Waals surface area contributed by atoms with E-state index in [9.17, 15) is 14.4 Å². The Morgan fingerprint density at radius 2 is 1.55 bits per heavy atom. The normalized spacial score (nSPS) is 10.5. The summed E-state index contributed by atoms with van der Waals surface area (Å²) < 4.78 is 5.44. The Morgan fingerprint density at radius 3 is 2.24 bits per heavy atom. The van der Waals surface area contributed by atoms with Crippen molar-refractivity contribution >= 4 is 58.5 Å². The number of hydrazone groups is 1. The van der Waals surface area contributed by atoms with Crippen LogP contribution in [0, 0.1) is 0 Å². The average molecular weight is 485 g/mol. The lowest BCUT2D eigenvalue weighted by Gasteiger charge is -2.08. The Bertz CT molecular complexity index is 1170. The molecule has 3 aromatic carbocycles. The van der Waals surface area contributed by atoms with Crippen molar-refractivity contribution in [3.05, 3.63) is 88.4 Å². The standard InChI is InChI=1S/C23H18Cl2N4O4/c24-16-6-8-18(9-7-16)28-22(31)23(32)29-26-13-15-4-10-20(11-5-15)33-14-21(30)27-19-3-1-2-17(25)12-19/h1-13H,14H2,(H,27,30)(H,28,31)(H,29,32)/b26-13-. The highest BCUT2D eigenvalue weighted by atomic mass is 35.5. The summed E-state index contributed by atoms with van der Waals surface area (Å²) in [4.78, 5) is 35.7. The van der Waals surface area contributed by atoms with Gasteiger partial charge in [0.25, 0.3) is 5.91 Å². The van der Waals surface area contributed by atoms with Crippen LogP contribution in [0.25, 0.3) is 0 Å². The number of halogens is 2. The van der Waals surface area contributed by atoms with Crippen molar-refractivity contribution < 1.29 is 19.1 Å². The number of nitrogens with zero attached hydrogens (tertiary/aromatic N) is 1. The zero-order chi connectivity index (χ0) is 23.6. The fraction of sp³-hybridized carbons (Fsp3) is 0.0435. The first-order chi connectivity index (χ1) is 15.9. The molecule has 0 fully saturated rings. The second-order valence-corrected chi connectivity index (χ2v) is 7.45. The number of rotatable bonds is 7. The summed E-state index contributed by atoms with van der Waals surface area (Å²) >= 11 is 11.7. The van der Waals surface area contributed by atoms with E-state index in [-0.39, 0.29) is 12.5 Å². The summed E-state index contributed by atoms with van der Waals surface area (Å²) in [5.74, 6) is -1.65. The molecule has 0 saturated heterocycles. The maximum atomic E-state index is 12.0. The van der Waals surface area contributed by atoms with Crippen molar-refractivity contribution in [2.75, 3.05) is 17.2 Å². The summed E-state index contributed by atoms with van der Waals surface area (Å²) in [6, 6.07) is 19.7. The molecular formula is C23H18Cl2N4O4. The Balaban J connectivity index is 1.42. The Kier molecular flexibility index (Phi) is 8.40. The van der Waals surface area contributed by atoms with E-state index in [1.165, 1.54) is 6.21 Å². The van der Waals surface area contributed by atoms with E-state index >= 15 is 0 Å². The number of hydrogen-bond acceptors (Lipinski definition) is 5. The van der Waals surface area contributed by atoms with Crippen LogP contribution in [0.4, 0.5) is 11.4 Å². The van der Waals surface area contributed by atoms with Gasteiger partial charge in [0, 0.05) is 21.4 Å². The van der Waals surface area contributed by atoms with Crippen LogP contribution in [0.2, 0.25) is 10.0 Å². The van der Waals surface area contributed by atoms with Crippen molar-refractivity contribution in [1.29, 1.82) is 0 Å². The van der Waals surface area contributed by atoms with Gasteiger partial charge in [-0.2, -0.15) is 5.10 Å². The minimum atomic E-state index is -0.924. The molecule has 0 aliphatic heterocycles. The van der Waals surface area contributed by atoms with Crippen LogP contribution < -0.4 is 20.8 Å². The summed E-state index contributed by atoms with van der Waals surface area (Å²) in [7, 11) is 0. The minimum Gasteiger partial charge on any atom is -0.484 e. The van der Waals surface area contributed by atoms with Gasteiger partial charge in [-0.05, 0) is 72.3 Å². The zero-order valence-electron chi connectivity index (χ0n) is 17.0. The molecule has 0 atom stereocenters. The molecule has 10 heteroatoms. The number of benzene rings is 3. The maximum Gasteiger partial charge on any atom is 0.329 e. The molecule has 0 spiro atoms.